The van der Waals surface area contributed by atoms with Crippen LogP contribution < -0.4 is 5.32 Å². The summed E-state index contributed by atoms with van der Waals surface area (Å²) in [7, 11) is 0. The molecule has 0 bridgehead atoms. The van der Waals surface area contributed by atoms with Gasteiger partial charge in [0.2, 0.25) is 0 Å². The van der Waals surface area contributed by atoms with E-state index in [9.17, 15) is 0 Å². The third-order valence-electron chi connectivity index (χ3n) is 4.46. The largest absolute Gasteiger partial charge is 0.362 e. The Kier molecular flexibility index (Phi) is 4.78. The summed E-state index contributed by atoms with van der Waals surface area (Å²) in [6.07, 6.45) is 6.81. The highest BCUT2D eigenvalue weighted by Crippen LogP contribution is 2.33. The molecule has 1 saturated carbocycles. The molecule has 2 nitrogen and oxygen atoms in total. The fourth-order valence-corrected chi connectivity index (χ4v) is 4.20. The predicted octanol–water partition coefficient (Wildman–Crippen LogP) is 3.67. The molecule has 3 heteroatoms. The van der Waals surface area contributed by atoms with E-state index in [-0.39, 0.29) is 0 Å². The van der Waals surface area contributed by atoms with Crippen LogP contribution in [0.4, 0.5) is 0 Å². The van der Waals surface area contributed by atoms with E-state index >= 15 is 0 Å². The molecule has 1 aliphatic carbocycles. The van der Waals surface area contributed by atoms with Gasteiger partial charge in [0.15, 0.2) is 5.17 Å². The van der Waals surface area contributed by atoms with Crippen LogP contribution in [0, 0.1) is 11.8 Å². The molecule has 2 rings (SSSR count). The monoisotopic (exact) mass is 254 g/mol. The van der Waals surface area contributed by atoms with Crippen LogP contribution in [-0.4, -0.2) is 23.0 Å². The highest BCUT2D eigenvalue weighted by atomic mass is 32.2. The fourth-order valence-electron chi connectivity index (χ4n) is 2.78. The number of nitrogens with one attached hydrogen (secondary N) is 1. The molecule has 2 aliphatic rings. The van der Waals surface area contributed by atoms with Gasteiger partial charge in [-0.25, -0.2) is 0 Å². The average Bonchev–Trinajstić information content (AvgIpc) is 2.65. The summed E-state index contributed by atoms with van der Waals surface area (Å²) in [6.45, 7) is 7.95. The van der Waals surface area contributed by atoms with Gasteiger partial charge in [-0.1, -0.05) is 44.9 Å². The van der Waals surface area contributed by atoms with Crippen molar-refractivity contribution in [1.82, 2.24) is 5.32 Å². The Balaban J connectivity index is 1.76. The molecule has 0 saturated heterocycles. The van der Waals surface area contributed by atoms with Gasteiger partial charge in [-0.2, -0.15) is 0 Å². The summed E-state index contributed by atoms with van der Waals surface area (Å²) in [6, 6.07) is 0.621. The number of aliphatic imine (C=N–C) groups is 1. The topological polar surface area (TPSA) is 24.4 Å². The first-order valence-electron chi connectivity index (χ1n) is 7.22. The van der Waals surface area contributed by atoms with Crippen molar-refractivity contribution in [2.45, 2.75) is 64.2 Å². The predicted molar refractivity (Wildman–Crippen MR) is 77.7 cm³/mol. The number of amidine groups is 1. The molecule has 17 heavy (non-hydrogen) atoms. The van der Waals surface area contributed by atoms with E-state index in [2.05, 4.69) is 31.1 Å². The molecule has 0 aromatic heterocycles. The fraction of sp³-hybridized carbons (Fsp3) is 0.929. The Labute approximate surface area is 110 Å². The van der Waals surface area contributed by atoms with Crippen LogP contribution in [0.25, 0.3) is 0 Å². The normalized spacial score (nSPS) is 26.8. The average molecular weight is 254 g/mol. The first-order chi connectivity index (χ1) is 8.24. The zero-order chi connectivity index (χ0) is 12.3. The van der Waals surface area contributed by atoms with Crippen LogP contribution in [0.1, 0.15) is 52.9 Å². The molecule has 1 N–H and O–H groups in total. The quantitative estimate of drug-likeness (QED) is 0.809. The summed E-state index contributed by atoms with van der Waals surface area (Å²) in [5.41, 5.74) is 0. The van der Waals surface area contributed by atoms with Crippen molar-refractivity contribution >= 4 is 16.9 Å². The van der Waals surface area contributed by atoms with Crippen molar-refractivity contribution in [2.24, 2.45) is 16.8 Å². The maximum Gasteiger partial charge on any atom is 0.157 e. The molecule has 0 aromatic rings. The molecule has 0 amide bonds. The Hall–Kier alpha value is -0.180. The Bertz CT molecular complexity index is 269. The molecule has 2 unspecified atom stereocenters. The molecule has 0 aromatic carbocycles. The van der Waals surface area contributed by atoms with Crippen LogP contribution in [0.15, 0.2) is 4.99 Å². The second kappa shape index (κ2) is 6.12. The zero-order valence-corrected chi connectivity index (χ0v) is 12.2. The molecular formula is C14H26N2S. The molecular weight excluding hydrogens is 228 g/mol. The summed E-state index contributed by atoms with van der Waals surface area (Å²) in [4.78, 5) is 4.68. The number of rotatable bonds is 5. The van der Waals surface area contributed by atoms with Crippen LogP contribution in [0.5, 0.6) is 0 Å². The van der Waals surface area contributed by atoms with E-state index < -0.39 is 0 Å². The second-order valence-corrected chi connectivity index (χ2v) is 6.73. The second-order valence-electron chi connectivity index (χ2n) is 5.50. The van der Waals surface area contributed by atoms with Gasteiger partial charge < -0.3 is 5.32 Å². The number of nitrogens with zero attached hydrogens (tertiary/aromatic N) is 1. The summed E-state index contributed by atoms with van der Waals surface area (Å²) in [5.74, 6) is 1.73. The zero-order valence-electron chi connectivity index (χ0n) is 11.4. The lowest BCUT2D eigenvalue weighted by molar-refractivity contribution is 0.259. The van der Waals surface area contributed by atoms with E-state index in [1.54, 1.807) is 0 Å². The van der Waals surface area contributed by atoms with E-state index in [4.69, 9.17) is 0 Å². The van der Waals surface area contributed by atoms with Crippen molar-refractivity contribution in [3.05, 3.63) is 0 Å². The summed E-state index contributed by atoms with van der Waals surface area (Å²) in [5, 5.41) is 5.56. The highest BCUT2D eigenvalue weighted by molar-refractivity contribution is 8.14. The summed E-state index contributed by atoms with van der Waals surface area (Å²) < 4.78 is 0. The van der Waals surface area contributed by atoms with Gasteiger partial charge >= 0.3 is 0 Å². The lowest BCUT2D eigenvalue weighted by Crippen LogP contribution is -2.39. The van der Waals surface area contributed by atoms with Crippen LogP contribution in [0.2, 0.25) is 0 Å². The van der Waals surface area contributed by atoms with Gasteiger partial charge in [-0.15, -0.1) is 0 Å². The lowest BCUT2D eigenvalue weighted by Gasteiger charge is -2.32. The molecule has 1 aliphatic heterocycles. The van der Waals surface area contributed by atoms with Gasteiger partial charge in [-0.05, 0) is 31.6 Å². The molecule has 1 heterocycles. The van der Waals surface area contributed by atoms with E-state index in [0.29, 0.717) is 6.04 Å². The smallest absolute Gasteiger partial charge is 0.157 e. The lowest BCUT2D eigenvalue weighted by atomic mass is 9.80. The van der Waals surface area contributed by atoms with Crippen molar-refractivity contribution in [3.63, 3.8) is 0 Å². The summed E-state index contributed by atoms with van der Waals surface area (Å²) >= 11 is 1.99. The minimum Gasteiger partial charge on any atom is -0.362 e. The van der Waals surface area contributed by atoms with E-state index in [1.165, 1.54) is 37.3 Å². The van der Waals surface area contributed by atoms with E-state index in [1.807, 2.05) is 11.8 Å². The maximum absolute atomic E-state index is 4.68. The van der Waals surface area contributed by atoms with Crippen molar-refractivity contribution in [2.75, 3.05) is 6.54 Å². The molecule has 0 spiro atoms. The Morgan fingerprint density at radius 2 is 2.06 bits per heavy atom. The minimum atomic E-state index is 0.621. The Morgan fingerprint density at radius 1 is 1.35 bits per heavy atom. The van der Waals surface area contributed by atoms with Gasteiger partial charge in [0.25, 0.3) is 0 Å². The third kappa shape index (κ3) is 3.18. The SMILES string of the molecule is CCC(CC)C1CN=C(NC(C)C2CCC2)S1. The molecule has 0 radical (unpaired) electrons. The third-order valence-corrected chi connectivity index (χ3v) is 5.77. The maximum atomic E-state index is 4.68. The standard InChI is InChI=1S/C14H26N2S/c1-4-11(5-2)13-9-15-14(17-13)16-10(3)12-7-6-8-12/h10-13H,4-9H2,1-3H3,(H,15,16). The van der Waals surface area contributed by atoms with Gasteiger partial charge in [-0.3, -0.25) is 4.99 Å². The van der Waals surface area contributed by atoms with Gasteiger partial charge in [0.1, 0.15) is 0 Å². The van der Waals surface area contributed by atoms with Gasteiger partial charge in [0.05, 0.1) is 6.54 Å². The van der Waals surface area contributed by atoms with E-state index in [0.717, 1.165) is 23.6 Å². The minimum absolute atomic E-state index is 0.621. The van der Waals surface area contributed by atoms with Crippen LogP contribution >= 0.6 is 11.8 Å². The number of hydrogen-bond acceptors (Lipinski definition) is 3. The molecule has 1 fully saturated rings. The number of thioether (sulfide) groups is 1. The first-order valence-corrected chi connectivity index (χ1v) is 8.10. The molecule has 2 atom stereocenters. The van der Waals surface area contributed by atoms with Crippen LogP contribution in [0.3, 0.4) is 0 Å². The highest BCUT2D eigenvalue weighted by Gasteiger charge is 2.29. The van der Waals surface area contributed by atoms with Crippen molar-refractivity contribution < 1.29 is 0 Å². The number of hydrogen-bond donors (Lipinski definition) is 1. The van der Waals surface area contributed by atoms with Crippen molar-refractivity contribution in [3.8, 4) is 0 Å². The van der Waals surface area contributed by atoms with Crippen molar-refractivity contribution in [1.29, 1.82) is 0 Å². The first kappa shape index (κ1) is 13.3. The Morgan fingerprint density at radius 3 is 2.59 bits per heavy atom. The van der Waals surface area contributed by atoms with Crippen LogP contribution in [-0.2, 0) is 0 Å². The van der Waals surface area contributed by atoms with Gasteiger partial charge in [0, 0.05) is 11.3 Å². The molecule has 98 valence electrons.